The number of rotatable bonds is 3. The highest BCUT2D eigenvalue weighted by molar-refractivity contribution is 5.92. The first kappa shape index (κ1) is 14.7. The maximum absolute atomic E-state index is 9.96. The molecule has 2 heterocycles. The SMILES string of the molecule is Nc1nc(N[C@H]2C[C@@H]3C[C@H]2C[C@H]3O)c2ccc(-c3ccn[nH]3)cc2n1. The van der Waals surface area contributed by atoms with Crippen LogP contribution >= 0.6 is 0 Å². The molecule has 2 saturated carbocycles. The molecule has 25 heavy (non-hydrogen) atoms. The van der Waals surface area contributed by atoms with Gasteiger partial charge in [-0.25, -0.2) is 4.98 Å². The predicted molar refractivity (Wildman–Crippen MR) is 95.8 cm³/mol. The molecule has 0 spiro atoms. The molecule has 5 rings (SSSR count). The van der Waals surface area contributed by atoms with E-state index in [2.05, 4.69) is 25.5 Å². The zero-order valence-corrected chi connectivity index (χ0v) is 13.7. The molecule has 0 saturated heterocycles. The van der Waals surface area contributed by atoms with Crippen LogP contribution in [0.1, 0.15) is 19.3 Å². The number of hydrogen-bond donors (Lipinski definition) is 4. The number of aromatic nitrogens is 4. The highest BCUT2D eigenvalue weighted by atomic mass is 16.3. The second kappa shape index (κ2) is 5.42. The van der Waals surface area contributed by atoms with Crippen LogP contribution in [-0.2, 0) is 0 Å². The van der Waals surface area contributed by atoms with Crippen LogP contribution < -0.4 is 11.1 Å². The number of H-pyrrole nitrogens is 1. The molecule has 3 aromatic rings. The molecule has 5 N–H and O–H groups in total. The maximum atomic E-state index is 9.96. The highest BCUT2D eigenvalue weighted by Crippen LogP contribution is 2.46. The van der Waals surface area contributed by atoms with Crippen molar-refractivity contribution in [2.75, 3.05) is 11.1 Å². The zero-order chi connectivity index (χ0) is 17.0. The van der Waals surface area contributed by atoms with Crippen LogP contribution in [-0.4, -0.2) is 37.4 Å². The number of benzene rings is 1. The summed E-state index contributed by atoms with van der Waals surface area (Å²) >= 11 is 0. The van der Waals surface area contributed by atoms with Crippen LogP contribution in [0, 0.1) is 11.8 Å². The second-order valence-electron chi connectivity index (χ2n) is 7.18. The van der Waals surface area contributed by atoms with E-state index in [0.29, 0.717) is 17.9 Å². The molecule has 2 aliphatic carbocycles. The van der Waals surface area contributed by atoms with Gasteiger partial charge in [-0.15, -0.1) is 0 Å². The molecule has 0 radical (unpaired) electrons. The van der Waals surface area contributed by atoms with Crippen molar-refractivity contribution in [3.63, 3.8) is 0 Å². The van der Waals surface area contributed by atoms with Gasteiger partial charge in [0.2, 0.25) is 5.95 Å². The molecule has 1 aromatic carbocycles. The Morgan fingerprint density at radius 2 is 2.04 bits per heavy atom. The van der Waals surface area contributed by atoms with Crippen LogP contribution in [0.3, 0.4) is 0 Å². The Hall–Kier alpha value is -2.67. The van der Waals surface area contributed by atoms with Crippen molar-refractivity contribution >= 4 is 22.7 Å². The van der Waals surface area contributed by atoms with E-state index < -0.39 is 0 Å². The van der Waals surface area contributed by atoms with Crippen molar-refractivity contribution in [2.24, 2.45) is 11.8 Å². The van der Waals surface area contributed by atoms with Crippen molar-refractivity contribution in [1.29, 1.82) is 0 Å². The van der Waals surface area contributed by atoms with Crippen LogP contribution in [0.25, 0.3) is 22.2 Å². The lowest BCUT2D eigenvalue weighted by atomic mass is 9.93. The molecule has 7 heteroatoms. The summed E-state index contributed by atoms with van der Waals surface area (Å²) in [7, 11) is 0. The van der Waals surface area contributed by atoms with Gasteiger partial charge in [-0.2, -0.15) is 10.1 Å². The number of anilines is 2. The van der Waals surface area contributed by atoms with Gasteiger partial charge in [0.1, 0.15) is 5.82 Å². The zero-order valence-electron chi connectivity index (χ0n) is 13.7. The van der Waals surface area contributed by atoms with Gasteiger partial charge in [0.25, 0.3) is 0 Å². The number of nitrogen functional groups attached to an aromatic ring is 1. The number of hydrogen-bond acceptors (Lipinski definition) is 6. The first-order valence-electron chi connectivity index (χ1n) is 8.69. The Morgan fingerprint density at radius 1 is 1.12 bits per heavy atom. The summed E-state index contributed by atoms with van der Waals surface area (Å²) in [6.45, 7) is 0. The first-order valence-corrected chi connectivity index (χ1v) is 8.69. The third-order valence-electron chi connectivity index (χ3n) is 5.67. The minimum atomic E-state index is -0.132. The summed E-state index contributed by atoms with van der Waals surface area (Å²) in [5.41, 5.74) is 8.71. The number of aliphatic hydroxyl groups is 1. The summed E-state index contributed by atoms with van der Waals surface area (Å²) in [5, 5.41) is 21.4. The summed E-state index contributed by atoms with van der Waals surface area (Å²) in [6, 6.07) is 8.32. The van der Waals surface area contributed by atoms with E-state index in [1.165, 1.54) is 0 Å². The Balaban J connectivity index is 1.50. The smallest absolute Gasteiger partial charge is 0.222 e. The largest absolute Gasteiger partial charge is 0.393 e. The van der Waals surface area contributed by atoms with E-state index in [9.17, 15) is 5.11 Å². The van der Waals surface area contributed by atoms with Crippen LogP contribution in [0.2, 0.25) is 0 Å². The van der Waals surface area contributed by atoms with Gasteiger partial charge in [-0.3, -0.25) is 5.10 Å². The third-order valence-corrected chi connectivity index (χ3v) is 5.67. The number of fused-ring (bicyclic) bond motifs is 3. The van der Waals surface area contributed by atoms with Gasteiger partial charge in [0.05, 0.1) is 17.3 Å². The highest BCUT2D eigenvalue weighted by Gasteiger charge is 2.45. The summed E-state index contributed by atoms with van der Waals surface area (Å²) in [6.07, 6.45) is 4.56. The van der Waals surface area contributed by atoms with Crippen LogP contribution in [0.5, 0.6) is 0 Å². The van der Waals surface area contributed by atoms with E-state index in [4.69, 9.17) is 5.73 Å². The lowest BCUT2D eigenvalue weighted by Gasteiger charge is -2.26. The Bertz CT molecular complexity index is 923. The van der Waals surface area contributed by atoms with E-state index >= 15 is 0 Å². The lowest BCUT2D eigenvalue weighted by molar-refractivity contribution is 0.110. The van der Waals surface area contributed by atoms with Gasteiger partial charge >= 0.3 is 0 Å². The molecule has 4 atom stereocenters. The first-order chi connectivity index (χ1) is 12.2. The number of nitrogens with two attached hydrogens (primary N) is 1. The van der Waals surface area contributed by atoms with Crippen molar-refractivity contribution in [1.82, 2.24) is 20.2 Å². The third kappa shape index (κ3) is 2.42. The van der Waals surface area contributed by atoms with Crippen molar-refractivity contribution < 1.29 is 5.11 Å². The fourth-order valence-corrected chi connectivity index (χ4v) is 4.44. The molecule has 2 bridgehead atoms. The summed E-state index contributed by atoms with van der Waals surface area (Å²) in [4.78, 5) is 8.83. The molecular weight excluding hydrogens is 316 g/mol. The molecule has 2 aromatic heterocycles. The fourth-order valence-electron chi connectivity index (χ4n) is 4.44. The van der Waals surface area contributed by atoms with Crippen LogP contribution in [0.15, 0.2) is 30.5 Å². The average molecular weight is 336 g/mol. The van der Waals surface area contributed by atoms with Gasteiger partial charge in [0, 0.05) is 23.2 Å². The average Bonchev–Trinajstić information content (AvgIpc) is 3.31. The fraction of sp³-hybridized carbons (Fsp3) is 0.389. The molecular formula is C18H20N6O. The Labute approximate surface area is 144 Å². The molecule has 2 fully saturated rings. The minimum absolute atomic E-state index is 0.132. The monoisotopic (exact) mass is 336 g/mol. The van der Waals surface area contributed by atoms with E-state index in [1.807, 2.05) is 24.3 Å². The van der Waals surface area contributed by atoms with Crippen LogP contribution in [0.4, 0.5) is 11.8 Å². The molecule has 128 valence electrons. The second-order valence-corrected chi connectivity index (χ2v) is 7.18. The standard InChI is InChI=1S/C18H20N6O/c19-18-22-15-6-9(13-3-4-20-24-13)1-2-12(15)17(23-18)21-14-7-11-5-10(14)8-16(11)25/h1-4,6,10-11,14,16,25H,5,7-8H2,(H,20,24)(H3,19,21,22,23)/t10-,11-,14-,16+/m0/s1. The van der Waals surface area contributed by atoms with Gasteiger partial charge < -0.3 is 16.2 Å². The van der Waals surface area contributed by atoms with E-state index in [-0.39, 0.29) is 12.1 Å². The number of nitrogens with one attached hydrogen (secondary N) is 2. The molecule has 7 nitrogen and oxygen atoms in total. The number of aromatic amines is 1. The van der Waals surface area contributed by atoms with Crippen molar-refractivity contribution in [3.05, 3.63) is 30.5 Å². The van der Waals surface area contributed by atoms with E-state index in [0.717, 1.165) is 47.2 Å². The van der Waals surface area contributed by atoms with Gasteiger partial charge in [-0.1, -0.05) is 6.07 Å². The Kier molecular flexibility index (Phi) is 3.18. The molecule has 0 aliphatic heterocycles. The summed E-state index contributed by atoms with van der Waals surface area (Å²) < 4.78 is 0. The molecule has 2 aliphatic rings. The maximum Gasteiger partial charge on any atom is 0.222 e. The lowest BCUT2D eigenvalue weighted by Crippen LogP contribution is -2.31. The molecule has 0 amide bonds. The van der Waals surface area contributed by atoms with Gasteiger partial charge in [0.15, 0.2) is 0 Å². The number of nitrogens with zero attached hydrogens (tertiary/aromatic N) is 3. The molecule has 0 unspecified atom stereocenters. The number of aliphatic hydroxyl groups excluding tert-OH is 1. The normalized spacial score (nSPS) is 27.9. The van der Waals surface area contributed by atoms with Crippen molar-refractivity contribution in [3.8, 4) is 11.3 Å². The predicted octanol–water partition coefficient (Wildman–Crippen LogP) is 2.17. The van der Waals surface area contributed by atoms with E-state index in [1.54, 1.807) is 6.20 Å². The topological polar surface area (TPSA) is 113 Å². The Morgan fingerprint density at radius 3 is 2.76 bits per heavy atom. The van der Waals surface area contributed by atoms with Crippen molar-refractivity contribution in [2.45, 2.75) is 31.4 Å². The quantitative estimate of drug-likeness (QED) is 0.583. The minimum Gasteiger partial charge on any atom is -0.393 e. The summed E-state index contributed by atoms with van der Waals surface area (Å²) in [5.74, 6) is 1.97. The van der Waals surface area contributed by atoms with Gasteiger partial charge in [-0.05, 0) is 49.3 Å².